The minimum atomic E-state index is -0.746. The fourth-order valence-corrected chi connectivity index (χ4v) is 2.65. The smallest absolute Gasteiger partial charge is 0.318 e. The zero-order chi connectivity index (χ0) is 22.4. The van der Waals surface area contributed by atoms with Crippen molar-refractivity contribution >= 4 is 23.2 Å². The lowest BCUT2D eigenvalue weighted by Crippen LogP contribution is -1.96. The summed E-state index contributed by atoms with van der Waals surface area (Å²) in [5.74, 6) is 0.665. The maximum atomic E-state index is 12.2. The molecule has 3 rings (SSSR count). The van der Waals surface area contributed by atoms with E-state index >= 15 is 0 Å². The Labute approximate surface area is 176 Å². The number of non-ortho nitro benzene ring substituents is 1. The van der Waals surface area contributed by atoms with Gasteiger partial charge in [-0.1, -0.05) is 18.2 Å². The van der Waals surface area contributed by atoms with Gasteiger partial charge in [0.1, 0.15) is 11.5 Å². The van der Waals surface area contributed by atoms with E-state index < -0.39 is 21.2 Å². The number of rotatable bonds is 8. The van der Waals surface area contributed by atoms with Crippen LogP contribution in [0.1, 0.15) is 15.9 Å². The van der Waals surface area contributed by atoms with Gasteiger partial charge in [0.05, 0.1) is 23.0 Å². The Hall–Kier alpha value is -4.53. The van der Waals surface area contributed by atoms with Crippen LogP contribution < -0.4 is 9.47 Å². The molecule has 0 aliphatic rings. The van der Waals surface area contributed by atoms with Gasteiger partial charge in [-0.15, -0.1) is 0 Å². The Morgan fingerprint density at radius 1 is 0.871 bits per heavy atom. The monoisotopic (exact) mass is 420 g/mol. The highest BCUT2D eigenvalue weighted by molar-refractivity contribution is 6.06. The average molecular weight is 420 g/mol. The summed E-state index contributed by atoms with van der Waals surface area (Å²) in [7, 11) is 1.55. The second-order valence-corrected chi connectivity index (χ2v) is 6.26. The highest BCUT2D eigenvalue weighted by Crippen LogP contribution is 2.34. The molecule has 156 valence electrons. The number of carbonyl (C=O) groups is 1. The van der Waals surface area contributed by atoms with Crippen molar-refractivity contribution in [2.75, 3.05) is 7.11 Å². The van der Waals surface area contributed by atoms with E-state index in [-0.39, 0.29) is 11.5 Å². The lowest BCUT2D eigenvalue weighted by atomic mass is 10.1. The summed E-state index contributed by atoms with van der Waals surface area (Å²) in [5.41, 5.74) is 0.319. The summed E-state index contributed by atoms with van der Waals surface area (Å²) in [6, 6.07) is 16.4. The molecule has 0 aliphatic heterocycles. The zero-order valence-corrected chi connectivity index (χ0v) is 16.3. The fourth-order valence-electron chi connectivity index (χ4n) is 2.65. The van der Waals surface area contributed by atoms with Gasteiger partial charge in [-0.05, 0) is 54.1 Å². The summed E-state index contributed by atoms with van der Waals surface area (Å²) >= 11 is 0. The van der Waals surface area contributed by atoms with E-state index in [0.717, 1.165) is 12.1 Å². The largest absolute Gasteiger partial charge is 0.497 e. The second-order valence-electron chi connectivity index (χ2n) is 6.26. The van der Waals surface area contributed by atoms with Gasteiger partial charge in [0.15, 0.2) is 5.78 Å². The minimum absolute atomic E-state index is 0.117. The number of hydrogen-bond donors (Lipinski definition) is 0. The first-order chi connectivity index (χ1) is 14.9. The normalized spacial score (nSPS) is 10.6. The molecule has 0 N–H and O–H groups in total. The Kier molecular flexibility index (Phi) is 6.36. The van der Waals surface area contributed by atoms with Crippen LogP contribution in [0.4, 0.5) is 11.4 Å². The SMILES string of the molecule is COc1ccc(C(=O)/C=C/c2ccc(Oc3ccc([N+](=O)[O-])cc3[N+](=O)[O-])cc2)cc1. The van der Waals surface area contributed by atoms with E-state index in [4.69, 9.17) is 9.47 Å². The average Bonchev–Trinajstić information content (AvgIpc) is 2.78. The highest BCUT2D eigenvalue weighted by atomic mass is 16.6. The predicted molar refractivity (Wildman–Crippen MR) is 113 cm³/mol. The van der Waals surface area contributed by atoms with Gasteiger partial charge in [-0.25, -0.2) is 0 Å². The first-order valence-corrected chi connectivity index (χ1v) is 8.94. The van der Waals surface area contributed by atoms with Crippen molar-refractivity contribution in [1.82, 2.24) is 0 Å². The molecule has 31 heavy (non-hydrogen) atoms. The van der Waals surface area contributed by atoms with Crippen LogP contribution in [0, 0.1) is 20.2 Å². The van der Waals surface area contributed by atoms with Crippen molar-refractivity contribution in [2.24, 2.45) is 0 Å². The summed E-state index contributed by atoms with van der Waals surface area (Å²) in [4.78, 5) is 32.8. The van der Waals surface area contributed by atoms with Gasteiger partial charge in [-0.3, -0.25) is 25.0 Å². The zero-order valence-electron chi connectivity index (χ0n) is 16.3. The molecule has 0 amide bonds. The van der Waals surface area contributed by atoms with E-state index in [1.54, 1.807) is 61.7 Å². The Balaban J connectivity index is 1.71. The van der Waals surface area contributed by atoms with E-state index in [9.17, 15) is 25.0 Å². The van der Waals surface area contributed by atoms with Crippen molar-refractivity contribution in [2.45, 2.75) is 0 Å². The van der Waals surface area contributed by atoms with Gasteiger partial charge in [0, 0.05) is 11.6 Å². The van der Waals surface area contributed by atoms with Gasteiger partial charge < -0.3 is 9.47 Å². The third kappa shape index (κ3) is 5.30. The number of ether oxygens (including phenoxy) is 2. The molecule has 0 saturated heterocycles. The molecule has 0 saturated carbocycles. The van der Waals surface area contributed by atoms with Crippen LogP contribution in [0.3, 0.4) is 0 Å². The first-order valence-electron chi connectivity index (χ1n) is 8.94. The molecule has 0 spiro atoms. The van der Waals surface area contributed by atoms with E-state index in [2.05, 4.69) is 0 Å². The molecule has 0 aromatic heterocycles. The number of benzene rings is 3. The number of allylic oxidation sites excluding steroid dienone is 1. The van der Waals surface area contributed by atoms with Crippen molar-refractivity contribution in [1.29, 1.82) is 0 Å². The molecule has 9 heteroatoms. The Morgan fingerprint density at radius 3 is 2.10 bits per heavy atom. The molecular weight excluding hydrogens is 404 g/mol. The molecule has 3 aromatic carbocycles. The highest BCUT2D eigenvalue weighted by Gasteiger charge is 2.21. The lowest BCUT2D eigenvalue weighted by molar-refractivity contribution is -0.394. The third-order valence-corrected chi connectivity index (χ3v) is 4.26. The summed E-state index contributed by atoms with van der Waals surface area (Å²) in [6.45, 7) is 0. The van der Waals surface area contributed by atoms with Crippen LogP contribution in [0.15, 0.2) is 72.8 Å². The first kappa shape index (κ1) is 21.2. The van der Waals surface area contributed by atoms with Crippen LogP contribution >= 0.6 is 0 Å². The quantitative estimate of drug-likeness (QED) is 0.212. The number of ketones is 1. The van der Waals surface area contributed by atoms with Crippen molar-refractivity contribution in [3.05, 3.63) is 104 Å². The van der Waals surface area contributed by atoms with Crippen molar-refractivity contribution in [3.8, 4) is 17.2 Å². The molecule has 0 atom stereocenters. The van der Waals surface area contributed by atoms with Gasteiger partial charge in [0.2, 0.25) is 5.75 Å². The van der Waals surface area contributed by atoms with Crippen molar-refractivity contribution < 1.29 is 24.1 Å². The molecule has 0 heterocycles. The maximum Gasteiger partial charge on any atom is 0.318 e. The van der Waals surface area contributed by atoms with Crippen LogP contribution in [0.5, 0.6) is 17.2 Å². The van der Waals surface area contributed by atoms with E-state index in [1.165, 1.54) is 12.1 Å². The third-order valence-electron chi connectivity index (χ3n) is 4.26. The number of carbonyl (C=O) groups excluding carboxylic acids is 1. The molecule has 0 fully saturated rings. The Morgan fingerprint density at radius 2 is 1.52 bits per heavy atom. The molecule has 3 aromatic rings. The lowest BCUT2D eigenvalue weighted by Gasteiger charge is -2.06. The topological polar surface area (TPSA) is 122 Å². The van der Waals surface area contributed by atoms with E-state index in [1.807, 2.05) is 0 Å². The maximum absolute atomic E-state index is 12.2. The van der Waals surface area contributed by atoms with E-state index in [0.29, 0.717) is 22.6 Å². The second kappa shape index (κ2) is 9.31. The molecule has 9 nitrogen and oxygen atoms in total. The number of hydrogen-bond acceptors (Lipinski definition) is 7. The molecule has 0 aliphatic carbocycles. The summed E-state index contributed by atoms with van der Waals surface area (Å²) in [5, 5.41) is 22.0. The molecule has 0 bridgehead atoms. The summed E-state index contributed by atoms with van der Waals surface area (Å²) < 4.78 is 10.6. The summed E-state index contributed by atoms with van der Waals surface area (Å²) in [6.07, 6.45) is 3.06. The van der Waals surface area contributed by atoms with Gasteiger partial charge in [-0.2, -0.15) is 0 Å². The molecule has 0 unspecified atom stereocenters. The minimum Gasteiger partial charge on any atom is -0.497 e. The van der Waals surface area contributed by atoms with Crippen LogP contribution in [0.2, 0.25) is 0 Å². The number of methoxy groups -OCH3 is 1. The van der Waals surface area contributed by atoms with Gasteiger partial charge in [0.25, 0.3) is 5.69 Å². The fraction of sp³-hybridized carbons (Fsp3) is 0.0455. The number of nitro groups is 2. The predicted octanol–water partition coefficient (Wildman–Crippen LogP) is 5.20. The molecule has 0 radical (unpaired) electrons. The van der Waals surface area contributed by atoms with Crippen LogP contribution in [0.25, 0.3) is 6.08 Å². The van der Waals surface area contributed by atoms with Crippen LogP contribution in [-0.2, 0) is 0 Å². The molecular formula is C22H16N2O7. The van der Waals surface area contributed by atoms with Crippen molar-refractivity contribution in [3.63, 3.8) is 0 Å². The standard InChI is InChI=1S/C22H16N2O7/c1-30-18-10-5-16(6-11-18)21(25)12-4-15-2-8-19(9-3-15)31-22-13-7-17(23(26)27)14-20(22)24(28)29/h2-14H,1H3/b12-4+. The number of nitrogens with zero attached hydrogens (tertiary/aromatic N) is 2. The Bertz CT molecular complexity index is 1150. The number of nitro benzene ring substituents is 2. The van der Waals surface area contributed by atoms with Gasteiger partial charge >= 0.3 is 5.69 Å². The van der Waals surface area contributed by atoms with Crippen LogP contribution in [-0.4, -0.2) is 22.7 Å².